The zero-order valence-electron chi connectivity index (χ0n) is 11.2. The Morgan fingerprint density at radius 1 is 1.11 bits per heavy atom. The fourth-order valence-electron chi connectivity index (χ4n) is 1.83. The molecule has 1 rings (SSSR count). The molecule has 0 spiro atoms. The van der Waals surface area contributed by atoms with Gasteiger partial charge in [-0.1, -0.05) is 0 Å². The van der Waals surface area contributed by atoms with E-state index in [4.69, 9.17) is 14.2 Å². The molecule has 0 saturated carbocycles. The fourth-order valence-corrected chi connectivity index (χ4v) is 1.83. The molecular formula is C12H21NO5. The van der Waals surface area contributed by atoms with Crippen LogP contribution in [-0.4, -0.2) is 49.1 Å². The summed E-state index contributed by atoms with van der Waals surface area (Å²) in [5.41, 5.74) is -0.560. The van der Waals surface area contributed by atoms with Crippen molar-refractivity contribution in [3.05, 3.63) is 0 Å². The van der Waals surface area contributed by atoms with Crippen LogP contribution in [0.1, 0.15) is 33.6 Å². The molecule has 0 bridgehead atoms. The van der Waals surface area contributed by atoms with Gasteiger partial charge in [0, 0.05) is 25.9 Å². The SMILES string of the molecule is CCOC(=O)OC1(C)CCN(C(=O)OCC)CC1. The van der Waals surface area contributed by atoms with Gasteiger partial charge in [0.05, 0.1) is 13.2 Å². The van der Waals surface area contributed by atoms with Crippen LogP contribution < -0.4 is 0 Å². The van der Waals surface area contributed by atoms with E-state index in [1.54, 1.807) is 18.7 Å². The van der Waals surface area contributed by atoms with Gasteiger partial charge in [-0.05, 0) is 20.8 Å². The van der Waals surface area contributed by atoms with Gasteiger partial charge in [0.15, 0.2) is 0 Å². The summed E-state index contributed by atoms with van der Waals surface area (Å²) in [6.45, 7) is 7.06. The Kier molecular flexibility index (Phi) is 5.25. The number of piperidine rings is 1. The van der Waals surface area contributed by atoms with Crippen molar-refractivity contribution in [2.75, 3.05) is 26.3 Å². The average Bonchev–Trinajstić information content (AvgIpc) is 2.29. The Balaban J connectivity index is 2.41. The Bertz CT molecular complexity index is 297. The molecule has 1 heterocycles. The van der Waals surface area contributed by atoms with Crippen LogP contribution in [0.15, 0.2) is 0 Å². The monoisotopic (exact) mass is 259 g/mol. The minimum absolute atomic E-state index is 0.296. The molecule has 0 atom stereocenters. The van der Waals surface area contributed by atoms with E-state index in [-0.39, 0.29) is 6.09 Å². The highest BCUT2D eigenvalue weighted by Crippen LogP contribution is 2.26. The number of likely N-dealkylation sites (tertiary alicyclic amines) is 1. The van der Waals surface area contributed by atoms with E-state index in [2.05, 4.69) is 0 Å². The van der Waals surface area contributed by atoms with Crippen molar-refractivity contribution >= 4 is 12.2 Å². The van der Waals surface area contributed by atoms with Crippen LogP contribution in [0.3, 0.4) is 0 Å². The smallest absolute Gasteiger partial charge is 0.450 e. The molecule has 1 fully saturated rings. The maximum absolute atomic E-state index is 11.5. The Morgan fingerprint density at radius 3 is 2.17 bits per heavy atom. The van der Waals surface area contributed by atoms with E-state index in [9.17, 15) is 9.59 Å². The summed E-state index contributed by atoms with van der Waals surface area (Å²) in [7, 11) is 0. The molecule has 6 nitrogen and oxygen atoms in total. The second kappa shape index (κ2) is 6.47. The van der Waals surface area contributed by atoms with Crippen molar-refractivity contribution in [1.82, 2.24) is 4.90 Å². The first-order chi connectivity index (χ1) is 8.50. The summed E-state index contributed by atoms with van der Waals surface area (Å²) in [6, 6.07) is 0. The molecule has 0 unspecified atom stereocenters. The normalized spacial score (nSPS) is 18.1. The largest absolute Gasteiger partial charge is 0.508 e. The van der Waals surface area contributed by atoms with E-state index < -0.39 is 11.8 Å². The van der Waals surface area contributed by atoms with E-state index in [1.165, 1.54) is 0 Å². The van der Waals surface area contributed by atoms with Gasteiger partial charge in [-0.2, -0.15) is 0 Å². The number of amides is 1. The summed E-state index contributed by atoms with van der Waals surface area (Å²) in [5, 5.41) is 0. The predicted octanol–water partition coefficient (Wildman–Crippen LogP) is 2.17. The van der Waals surface area contributed by atoms with Crippen LogP contribution in [0.2, 0.25) is 0 Å². The molecule has 0 aliphatic carbocycles. The molecule has 18 heavy (non-hydrogen) atoms. The lowest BCUT2D eigenvalue weighted by Gasteiger charge is -2.37. The molecule has 1 saturated heterocycles. The van der Waals surface area contributed by atoms with Crippen LogP contribution in [0, 0.1) is 0 Å². The maximum atomic E-state index is 11.5. The second-order valence-electron chi connectivity index (χ2n) is 4.42. The zero-order chi connectivity index (χ0) is 13.6. The summed E-state index contributed by atoms with van der Waals surface area (Å²) in [4.78, 5) is 24.4. The summed E-state index contributed by atoms with van der Waals surface area (Å²) in [6.07, 6.45) is 0.218. The van der Waals surface area contributed by atoms with E-state index in [0.717, 1.165) is 0 Å². The molecule has 1 aliphatic rings. The van der Waals surface area contributed by atoms with Crippen molar-refractivity contribution in [2.45, 2.75) is 39.2 Å². The lowest BCUT2D eigenvalue weighted by atomic mass is 9.94. The van der Waals surface area contributed by atoms with Crippen LogP contribution in [0.25, 0.3) is 0 Å². The first-order valence-electron chi connectivity index (χ1n) is 6.28. The molecular weight excluding hydrogens is 238 g/mol. The minimum atomic E-state index is -0.649. The lowest BCUT2D eigenvalue weighted by molar-refractivity contribution is -0.0533. The number of rotatable bonds is 3. The molecule has 104 valence electrons. The van der Waals surface area contributed by atoms with Gasteiger partial charge >= 0.3 is 12.2 Å². The number of hydrogen-bond donors (Lipinski definition) is 0. The van der Waals surface area contributed by atoms with Crippen LogP contribution in [-0.2, 0) is 14.2 Å². The number of hydrogen-bond acceptors (Lipinski definition) is 5. The van der Waals surface area contributed by atoms with Gasteiger partial charge in [-0.15, -0.1) is 0 Å². The molecule has 6 heteroatoms. The zero-order valence-corrected chi connectivity index (χ0v) is 11.2. The molecule has 1 amide bonds. The third-order valence-electron chi connectivity index (χ3n) is 2.94. The van der Waals surface area contributed by atoms with Gasteiger partial charge in [-0.3, -0.25) is 0 Å². The second-order valence-corrected chi connectivity index (χ2v) is 4.42. The van der Waals surface area contributed by atoms with Crippen LogP contribution in [0.4, 0.5) is 9.59 Å². The van der Waals surface area contributed by atoms with Gasteiger partial charge in [0.25, 0.3) is 0 Å². The molecule has 0 N–H and O–H groups in total. The molecule has 0 aromatic carbocycles. The van der Waals surface area contributed by atoms with Gasteiger partial charge in [0.1, 0.15) is 5.60 Å². The minimum Gasteiger partial charge on any atom is -0.450 e. The van der Waals surface area contributed by atoms with Crippen molar-refractivity contribution in [2.24, 2.45) is 0 Å². The Morgan fingerprint density at radius 2 is 1.67 bits per heavy atom. The quantitative estimate of drug-likeness (QED) is 0.727. The van der Waals surface area contributed by atoms with Crippen LogP contribution in [0.5, 0.6) is 0 Å². The molecule has 0 aromatic rings. The van der Waals surface area contributed by atoms with Crippen molar-refractivity contribution in [1.29, 1.82) is 0 Å². The van der Waals surface area contributed by atoms with Gasteiger partial charge < -0.3 is 19.1 Å². The van der Waals surface area contributed by atoms with Gasteiger partial charge in [0.2, 0.25) is 0 Å². The topological polar surface area (TPSA) is 65.1 Å². The molecule has 1 aliphatic heterocycles. The number of nitrogens with zero attached hydrogens (tertiary/aromatic N) is 1. The van der Waals surface area contributed by atoms with Crippen molar-refractivity contribution < 1.29 is 23.8 Å². The Hall–Kier alpha value is -1.46. The van der Waals surface area contributed by atoms with E-state index >= 15 is 0 Å². The first-order valence-corrected chi connectivity index (χ1v) is 6.28. The molecule has 0 radical (unpaired) electrons. The third kappa shape index (κ3) is 4.09. The standard InChI is InChI=1S/C12H21NO5/c1-4-16-10(14)13-8-6-12(3,7-9-13)18-11(15)17-5-2/h4-9H2,1-3H3. The van der Waals surface area contributed by atoms with E-state index in [1.807, 2.05) is 6.92 Å². The summed E-state index contributed by atoms with van der Waals surface area (Å²) in [5.74, 6) is 0. The number of carbonyl (C=O) groups is 2. The average molecular weight is 259 g/mol. The number of carbonyl (C=O) groups excluding carboxylic acids is 2. The lowest BCUT2D eigenvalue weighted by Crippen LogP contribution is -2.47. The summed E-state index contributed by atoms with van der Waals surface area (Å²) >= 11 is 0. The van der Waals surface area contributed by atoms with Gasteiger partial charge in [-0.25, -0.2) is 9.59 Å². The summed E-state index contributed by atoms with van der Waals surface area (Å²) < 4.78 is 14.9. The van der Waals surface area contributed by atoms with E-state index in [0.29, 0.717) is 39.1 Å². The third-order valence-corrected chi connectivity index (χ3v) is 2.94. The first kappa shape index (κ1) is 14.6. The Labute approximate surface area is 107 Å². The molecule has 0 aromatic heterocycles. The highest BCUT2D eigenvalue weighted by Gasteiger charge is 2.36. The number of ether oxygens (including phenoxy) is 3. The fraction of sp³-hybridized carbons (Fsp3) is 0.833. The maximum Gasteiger partial charge on any atom is 0.508 e. The van der Waals surface area contributed by atoms with Crippen molar-refractivity contribution in [3.63, 3.8) is 0 Å². The van der Waals surface area contributed by atoms with Crippen molar-refractivity contribution in [3.8, 4) is 0 Å². The predicted molar refractivity (Wildman–Crippen MR) is 64.3 cm³/mol. The van der Waals surface area contributed by atoms with Crippen LogP contribution >= 0.6 is 0 Å². The highest BCUT2D eigenvalue weighted by atomic mass is 16.7. The highest BCUT2D eigenvalue weighted by molar-refractivity contribution is 5.67.